The van der Waals surface area contributed by atoms with E-state index in [1.807, 2.05) is 42.5 Å². The van der Waals surface area contributed by atoms with Gasteiger partial charge in [-0.05, 0) is 64.2 Å². The molecule has 0 fully saturated rings. The first-order valence-corrected chi connectivity index (χ1v) is 29.5. The second-order valence-electron chi connectivity index (χ2n) is 19.7. The van der Waals surface area contributed by atoms with E-state index in [0.717, 1.165) is 70.6 Å². The van der Waals surface area contributed by atoms with Crippen LogP contribution in [-0.2, 0) is 28.6 Å². The normalized spacial score (nSPS) is 12.6. The van der Waals surface area contributed by atoms with Crippen molar-refractivity contribution in [3.8, 4) is 0 Å². The predicted molar refractivity (Wildman–Crippen MR) is 298 cm³/mol. The summed E-state index contributed by atoms with van der Waals surface area (Å²) in [6.45, 7) is 6.49. The summed E-state index contributed by atoms with van der Waals surface area (Å²) in [5.74, 6) is -0.924. The Morgan fingerprint density at radius 2 is 0.580 bits per heavy atom. The third kappa shape index (κ3) is 55.6. The number of esters is 3. The molecule has 0 aliphatic heterocycles. The number of carbonyl (C=O) groups is 3. The van der Waals surface area contributed by atoms with Gasteiger partial charge in [-0.1, -0.05) is 280 Å². The molecule has 6 nitrogen and oxygen atoms in total. The summed E-state index contributed by atoms with van der Waals surface area (Å²) in [4.78, 5) is 38.2. The fraction of sp³-hybridized carbons (Fsp3) is 0.762. The van der Waals surface area contributed by atoms with E-state index in [-0.39, 0.29) is 31.1 Å². The number of hydrogen-bond acceptors (Lipinski definition) is 6. The van der Waals surface area contributed by atoms with Gasteiger partial charge in [0.15, 0.2) is 6.10 Å². The molecule has 0 aliphatic carbocycles. The van der Waals surface area contributed by atoms with Crippen molar-refractivity contribution in [2.24, 2.45) is 0 Å². The van der Waals surface area contributed by atoms with E-state index in [0.29, 0.717) is 19.3 Å². The monoisotopic (exact) mass is 963 g/mol. The molecule has 6 heteroatoms. The minimum Gasteiger partial charge on any atom is -0.462 e. The molecule has 0 heterocycles. The zero-order chi connectivity index (χ0) is 50.0. The minimum absolute atomic E-state index is 0.0885. The summed E-state index contributed by atoms with van der Waals surface area (Å²) >= 11 is 0. The molecule has 0 rings (SSSR count). The number of unbranched alkanes of at least 4 members (excludes halogenated alkanes) is 34. The van der Waals surface area contributed by atoms with Crippen LogP contribution >= 0.6 is 0 Å². The highest BCUT2D eigenvalue weighted by Crippen LogP contribution is 2.16. The maximum atomic E-state index is 12.9. The first-order valence-electron chi connectivity index (χ1n) is 29.5. The molecular weight excluding hydrogens is 853 g/mol. The maximum absolute atomic E-state index is 12.9. The average Bonchev–Trinajstić information content (AvgIpc) is 3.35. The largest absolute Gasteiger partial charge is 0.462 e. The van der Waals surface area contributed by atoms with E-state index < -0.39 is 6.10 Å². The van der Waals surface area contributed by atoms with Crippen LogP contribution in [-0.4, -0.2) is 37.2 Å². The molecule has 0 aromatic heterocycles. The number of allylic oxidation sites excluding steroid dienone is 12. The Labute approximate surface area is 427 Å². The molecule has 0 N–H and O–H groups in total. The van der Waals surface area contributed by atoms with Crippen LogP contribution in [0.4, 0.5) is 0 Å². The molecule has 69 heavy (non-hydrogen) atoms. The van der Waals surface area contributed by atoms with E-state index in [1.165, 1.54) is 180 Å². The first kappa shape index (κ1) is 65.8. The second kappa shape index (κ2) is 57.4. The highest BCUT2D eigenvalue weighted by molar-refractivity contribution is 5.71. The summed E-state index contributed by atoms with van der Waals surface area (Å²) in [5, 5.41) is 0. The van der Waals surface area contributed by atoms with Crippen molar-refractivity contribution in [2.45, 2.75) is 297 Å². The van der Waals surface area contributed by atoms with Crippen LogP contribution in [0.1, 0.15) is 290 Å². The van der Waals surface area contributed by atoms with E-state index in [9.17, 15) is 14.4 Å². The van der Waals surface area contributed by atoms with Crippen LogP contribution < -0.4 is 0 Å². The summed E-state index contributed by atoms with van der Waals surface area (Å²) in [6.07, 6.45) is 73.2. The van der Waals surface area contributed by atoms with Gasteiger partial charge in [-0.3, -0.25) is 14.4 Å². The summed E-state index contributed by atoms with van der Waals surface area (Å²) in [7, 11) is 0. The van der Waals surface area contributed by atoms with Crippen molar-refractivity contribution < 1.29 is 28.6 Å². The Bertz CT molecular complexity index is 1290. The van der Waals surface area contributed by atoms with E-state index in [1.54, 1.807) is 0 Å². The highest BCUT2D eigenvalue weighted by atomic mass is 16.6. The fourth-order valence-corrected chi connectivity index (χ4v) is 8.40. The van der Waals surface area contributed by atoms with Crippen molar-refractivity contribution in [1.82, 2.24) is 0 Å². The lowest BCUT2D eigenvalue weighted by atomic mass is 10.0. The van der Waals surface area contributed by atoms with Gasteiger partial charge < -0.3 is 14.2 Å². The van der Waals surface area contributed by atoms with Gasteiger partial charge in [0, 0.05) is 19.3 Å². The molecular formula is C63H110O6. The molecule has 0 saturated heterocycles. The van der Waals surface area contributed by atoms with Gasteiger partial charge in [-0.15, -0.1) is 0 Å². The van der Waals surface area contributed by atoms with Gasteiger partial charge in [0.2, 0.25) is 0 Å². The summed E-state index contributed by atoms with van der Waals surface area (Å²) in [5.41, 5.74) is 0. The molecule has 0 aromatic rings. The number of rotatable bonds is 53. The van der Waals surface area contributed by atoms with E-state index in [2.05, 4.69) is 51.2 Å². The highest BCUT2D eigenvalue weighted by Gasteiger charge is 2.19. The van der Waals surface area contributed by atoms with Crippen molar-refractivity contribution in [3.05, 3.63) is 72.9 Å². The van der Waals surface area contributed by atoms with Gasteiger partial charge in [-0.25, -0.2) is 0 Å². The van der Waals surface area contributed by atoms with Crippen LogP contribution in [0.3, 0.4) is 0 Å². The lowest BCUT2D eigenvalue weighted by Crippen LogP contribution is -2.30. The standard InChI is InChI=1S/C63H110O6/c1-4-7-10-13-16-19-22-25-28-30-31-33-35-38-41-44-47-50-53-56-62(65)68-59-60(58-67-61(64)55-52-49-46-43-40-37-34-27-24-21-18-15-12-9-6-3)69-63(66)57-54-51-48-45-42-39-36-32-29-26-23-20-17-14-11-8-5-2/h9,12,15,18,21,24,26-27,29,34,37,40,60H,4-8,10-11,13-14,16-17,19-20,22-23,25,28,30-33,35-36,38-39,41-59H2,1-3H3/b12-9-,18-15-,24-21-,29-26-,34-27-,40-37-. The Hall–Kier alpha value is -3.15. The molecule has 0 aromatic carbocycles. The third-order valence-electron chi connectivity index (χ3n) is 12.8. The van der Waals surface area contributed by atoms with Crippen LogP contribution in [0.5, 0.6) is 0 Å². The Balaban J connectivity index is 4.40. The average molecular weight is 964 g/mol. The maximum Gasteiger partial charge on any atom is 0.306 e. The lowest BCUT2D eigenvalue weighted by Gasteiger charge is -2.18. The van der Waals surface area contributed by atoms with Crippen LogP contribution in [0.15, 0.2) is 72.9 Å². The van der Waals surface area contributed by atoms with Crippen molar-refractivity contribution >= 4 is 17.9 Å². The first-order chi connectivity index (χ1) is 34.0. The van der Waals surface area contributed by atoms with Crippen molar-refractivity contribution in [3.63, 3.8) is 0 Å². The predicted octanol–water partition coefficient (Wildman–Crippen LogP) is 19.8. The van der Waals surface area contributed by atoms with Crippen molar-refractivity contribution in [1.29, 1.82) is 0 Å². The summed E-state index contributed by atoms with van der Waals surface area (Å²) < 4.78 is 16.9. The third-order valence-corrected chi connectivity index (χ3v) is 12.8. The minimum atomic E-state index is -0.794. The number of ether oxygens (including phenoxy) is 3. The molecule has 0 spiro atoms. The zero-order valence-electron chi connectivity index (χ0n) is 45.6. The molecule has 1 atom stereocenters. The molecule has 1 unspecified atom stereocenters. The SMILES string of the molecule is CC\C=C/C=C\C=C/C=C\C=C/CCCCCC(=O)OCC(COC(=O)CCCCCCCCCCCCCCCCCCCCC)OC(=O)CCCCCCCCC/C=C\CCCCCCCC. The van der Waals surface area contributed by atoms with Crippen molar-refractivity contribution in [2.75, 3.05) is 13.2 Å². The Morgan fingerprint density at radius 1 is 0.304 bits per heavy atom. The topological polar surface area (TPSA) is 78.9 Å². The van der Waals surface area contributed by atoms with Gasteiger partial charge in [0.05, 0.1) is 0 Å². The molecule has 0 saturated carbocycles. The van der Waals surface area contributed by atoms with E-state index >= 15 is 0 Å². The van der Waals surface area contributed by atoms with Gasteiger partial charge in [-0.2, -0.15) is 0 Å². The molecule has 0 radical (unpaired) electrons. The van der Waals surface area contributed by atoms with Crippen LogP contribution in [0.25, 0.3) is 0 Å². The molecule has 0 aliphatic rings. The quantitative estimate of drug-likeness (QED) is 0.0199. The Kier molecular flexibility index (Phi) is 54.8. The zero-order valence-corrected chi connectivity index (χ0v) is 45.6. The number of hydrogen-bond donors (Lipinski definition) is 0. The van der Waals surface area contributed by atoms with Gasteiger partial charge in [0.1, 0.15) is 13.2 Å². The Morgan fingerprint density at radius 3 is 0.942 bits per heavy atom. The lowest BCUT2D eigenvalue weighted by molar-refractivity contribution is -0.167. The van der Waals surface area contributed by atoms with E-state index in [4.69, 9.17) is 14.2 Å². The number of carbonyl (C=O) groups excluding carboxylic acids is 3. The summed E-state index contributed by atoms with van der Waals surface area (Å²) in [6, 6.07) is 0. The molecule has 0 bridgehead atoms. The van der Waals surface area contributed by atoms with Crippen LogP contribution in [0, 0.1) is 0 Å². The van der Waals surface area contributed by atoms with Gasteiger partial charge in [0.25, 0.3) is 0 Å². The van der Waals surface area contributed by atoms with Crippen LogP contribution in [0.2, 0.25) is 0 Å². The molecule has 398 valence electrons. The smallest absolute Gasteiger partial charge is 0.306 e. The molecule has 0 amide bonds. The van der Waals surface area contributed by atoms with Gasteiger partial charge >= 0.3 is 17.9 Å². The second-order valence-corrected chi connectivity index (χ2v) is 19.7. The fourth-order valence-electron chi connectivity index (χ4n) is 8.40.